The minimum Gasteiger partial charge on any atom is -0.399 e. The van der Waals surface area contributed by atoms with Gasteiger partial charge >= 0.3 is 0 Å². The Balaban J connectivity index is 1.64. The molecule has 0 aliphatic carbocycles. The molecule has 4 N–H and O–H groups in total. The number of hydrogen-bond donors (Lipinski definition) is 3. The van der Waals surface area contributed by atoms with E-state index in [-0.39, 0.29) is 17.9 Å². The van der Waals surface area contributed by atoms with Gasteiger partial charge in [0.25, 0.3) is 11.8 Å². The van der Waals surface area contributed by atoms with E-state index in [1.54, 1.807) is 36.5 Å². The number of nitrogens with one attached hydrogen (secondary N) is 2. The van der Waals surface area contributed by atoms with Crippen molar-refractivity contribution in [3.63, 3.8) is 0 Å². The summed E-state index contributed by atoms with van der Waals surface area (Å²) in [7, 11) is 0. The molecule has 3 heterocycles. The smallest absolute Gasteiger partial charge is 0.258 e. The van der Waals surface area contributed by atoms with Crippen LogP contribution in [0.4, 0.5) is 11.6 Å². The molecule has 2 amide bonds. The van der Waals surface area contributed by atoms with Crippen molar-refractivity contribution in [3.05, 3.63) is 47.7 Å². The Labute approximate surface area is 186 Å². The van der Waals surface area contributed by atoms with E-state index in [2.05, 4.69) is 27.5 Å². The van der Waals surface area contributed by atoms with E-state index in [0.29, 0.717) is 47.0 Å². The molecule has 9 nitrogen and oxygen atoms in total. The normalized spacial score (nSPS) is 15.7. The first-order chi connectivity index (χ1) is 15.5. The van der Waals surface area contributed by atoms with E-state index in [1.165, 1.54) is 0 Å². The SMILES string of the molecule is CCCCNC(=O)c1cnc2c(c1)nc(NC(=O)c1cccc(N)c1)n2CC1CCCO1. The van der Waals surface area contributed by atoms with Crippen LogP contribution in [0.3, 0.4) is 0 Å². The highest BCUT2D eigenvalue weighted by atomic mass is 16.5. The third-order valence-corrected chi connectivity index (χ3v) is 5.45. The number of nitrogens with zero attached hydrogens (tertiary/aromatic N) is 3. The molecule has 3 aromatic rings. The lowest BCUT2D eigenvalue weighted by atomic mass is 10.2. The highest BCUT2D eigenvalue weighted by Crippen LogP contribution is 2.23. The average molecular weight is 437 g/mol. The molecule has 168 valence electrons. The van der Waals surface area contributed by atoms with Crippen LogP contribution in [-0.4, -0.2) is 45.6 Å². The molecule has 2 aromatic heterocycles. The summed E-state index contributed by atoms with van der Waals surface area (Å²) >= 11 is 0. The maximum absolute atomic E-state index is 12.8. The van der Waals surface area contributed by atoms with Crippen LogP contribution in [0.25, 0.3) is 11.2 Å². The number of ether oxygens (including phenoxy) is 1. The maximum atomic E-state index is 12.8. The van der Waals surface area contributed by atoms with Crippen LogP contribution in [-0.2, 0) is 11.3 Å². The number of nitrogens with two attached hydrogens (primary N) is 1. The molecule has 0 radical (unpaired) electrons. The van der Waals surface area contributed by atoms with Gasteiger partial charge in [-0.2, -0.15) is 0 Å². The molecule has 0 spiro atoms. The van der Waals surface area contributed by atoms with Crippen molar-refractivity contribution >= 4 is 34.6 Å². The fraction of sp³-hybridized carbons (Fsp3) is 0.391. The van der Waals surface area contributed by atoms with Crippen LogP contribution in [0.1, 0.15) is 53.3 Å². The van der Waals surface area contributed by atoms with Gasteiger partial charge in [-0.1, -0.05) is 19.4 Å². The van der Waals surface area contributed by atoms with Gasteiger partial charge in [-0.3, -0.25) is 19.5 Å². The average Bonchev–Trinajstić information content (AvgIpc) is 3.42. The molecule has 1 aliphatic heterocycles. The third-order valence-electron chi connectivity index (χ3n) is 5.45. The summed E-state index contributed by atoms with van der Waals surface area (Å²) in [5.74, 6) is -0.149. The summed E-state index contributed by atoms with van der Waals surface area (Å²) in [6.45, 7) is 3.91. The lowest BCUT2D eigenvalue weighted by Crippen LogP contribution is -2.24. The zero-order chi connectivity index (χ0) is 22.5. The Morgan fingerprint density at radius 2 is 2.12 bits per heavy atom. The van der Waals surface area contributed by atoms with Crippen LogP contribution in [0.5, 0.6) is 0 Å². The molecule has 9 heteroatoms. The van der Waals surface area contributed by atoms with Gasteiger partial charge in [0.05, 0.1) is 18.2 Å². The molecule has 1 saturated heterocycles. The molecule has 32 heavy (non-hydrogen) atoms. The predicted octanol–water partition coefficient (Wildman–Crippen LogP) is 2.97. The van der Waals surface area contributed by atoms with Crippen molar-refractivity contribution in [1.29, 1.82) is 0 Å². The quantitative estimate of drug-likeness (QED) is 0.368. The van der Waals surface area contributed by atoms with Crippen LogP contribution in [0.15, 0.2) is 36.5 Å². The third kappa shape index (κ3) is 4.88. The number of hydrogen-bond acceptors (Lipinski definition) is 6. The van der Waals surface area contributed by atoms with Crippen LogP contribution < -0.4 is 16.4 Å². The Hall–Kier alpha value is -3.46. The molecule has 0 saturated carbocycles. The van der Waals surface area contributed by atoms with Gasteiger partial charge in [0.2, 0.25) is 5.95 Å². The first kappa shape index (κ1) is 21.8. The zero-order valence-corrected chi connectivity index (χ0v) is 18.1. The van der Waals surface area contributed by atoms with E-state index in [1.807, 2.05) is 4.57 Å². The van der Waals surface area contributed by atoms with E-state index in [9.17, 15) is 9.59 Å². The summed E-state index contributed by atoms with van der Waals surface area (Å²) in [6.07, 6.45) is 5.41. The number of rotatable bonds is 8. The molecule has 1 aliphatic rings. The monoisotopic (exact) mass is 436 g/mol. The topological polar surface area (TPSA) is 124 Å². The number of carbonyl (C=O) groups excluding carboxylic acids is 2. The minimum atomic E-state index is -0.321. The molecular weight excluding hydrogens is 408 g/mol. The van der Waals surface area contributed by atoms with Gasteiger partial charge < -0.3 is 15.8 Å². The summed E-state index contributed by atoms with van der Waals surface area (Å²) < 4.78 is 7.62. The largest absolute Gasteiger partial charge is 0.399 e. The molecule has 1 atom stereocenters. The lowest BCUT2D eigenvalue weighted by molar-refractivity contribution is 0.0951. The molecular formula is C23H28N6O3. The van der Waals surface area contributed by atoms with Gasteiger partial charge in [0.15, 0.2) is 5.65 Å². The minimum absolute atomic E-state index is 0.0224. The van der Waals surface area contributed by atoms with Crippen molar-refractivity contribution in [3.8, 4) is 0 Å². The van der Waals surface area contributed by atoms with Crippen molar-refractivity contribution in [2.24, 2.45) is 0 Å². The van der Waals surface area contributed by atoms with Crippen LogP contribution in [0.2, 0.25) is 0 Å². The number of imidazole rings is 1. The summed E-state index contributed by atoms with van der Waals surface area (Å²) in [6, 6.07) is 8.45. The fourth-order valence-electron chi connectivity index (χ4n) is 3.73. The van der Waals surface area contributed by atoms with E-state index < -0.39 is 0 Å². The van der Waals surface area contributed by atoms with Crippen LogP contribution >= 0.6 is 0 Å². The van der Waals surface area contributed by atoms with Crippen molar-refractivity contribution in [1.82, 2.24) is 19.9 Å². The second-order valence-electron chi connectivity index (χ2n) is 7.94. The number of aromatic nitrogens is 3. The Morgan fingerprint density at radius 1 is 1.25 bits per heavy atom. The van der Waals surface area contributed by atoms with Gasteiger partial charge in [-0.25, -0.2) is 9.97 Å². The lowest BCUT2D eigenvalue weighted by Gasteiger charge is -2.14. The Morgan fingerprint density at radius 3 is 2.88 bits per heavy atom. The number of amides is 2. The number of pyridine rings is 1. The number of unbranched alkanes of at least 4 members (excludes halogenated alkanes) is 1. The molecule has 1 unspecified atom stereocenters. The van der Waals surface area contributed by atoms with E-state index in [4.69, 9.17) is 10.5 Å². The maximum Gasteiger partial charge on any atom is 0.258 e. The fourth-order valence-corrected chi connectivity index (χ4v) is 3.73. The van der Waals surface area contributed by atoms with Gasteiger partial charge in [0.1, 0.15) is 5.52 Å². The van der Waals surface area contributed by atoms with Crippen molar-refractivity contribution in [2.75, 3.05) is 24.2 Å². The standard InChI is InChI=1S/C23H28N6O3/c1-2-3-9-25-21(30)16-12-19-20(26-13-16)29(14-18-8-5-10-32-18)23(27-19)28-22(31)15-6-4-7-17(24)11-15/h4,6-7,11-13,18H,2-3,5,8-10,14,24H2,1H3,(H,25,30)(H,27,28,31). The molecule has 1 fully saturated rings. The van der Waals surface area contributed by atoms with Crippen molar-refractivity contribution in [2.45, 2.75) is 45.3 Å². The first-order valence-electron chi connectivity index (χ1n) is 11.0. The number of nitrogen functional groups attached to an aromatic ring is 1. The summed E-state index contributed by atoms with van der Waals surface area (Å²) in [4.78, 5) is 34.3. The molecule has 1 aromatic carbocycles. The highest BCUT2D eigenvalue weighted by Gasteiger charge is 2.22. The van der Waals surface area contributed by atoms with Crippen LogP contribution in [0, 0.1) is 0 Å². The Kier molecular flexibility index (Phi) is 6.65. The summed E-state index contributed by atoms with van der Waals surface area (Å²) in [5.41, 5.74) is 8.32. The number of benzene rings is 1. The summed E-state index contributed by atoms with van der Waals surface area (Å²) in [5, 5.41) is 5.76. The molecule has 4 rings (SSSR count). The van der Waals surface area contributed by atoms with Crippen molar-refractivity contribution < 1.29 is 14.3 Å². The number of fused-ring (bicyclic) bond motifs is 1. The van der Waals surface area contributed by atoms with E-state index >= 15 is 0 Å². The van der Waals surface area contributed by atoms with Gasteiger partial charge in [0, 0.05) is 30.6 Å². The second kappa shape index (κ2) is 9.78. The predicted molar refractivity (Wildman–Crippen MR) is 123 cm³/mol. The number of carbonyl (C=O) groups is 2. The molecule has 0 bridgehead atoms. The van der Waals surface area contributed by atoms with Gasteiger partial charge in [-0.05, 0) is 43.5 Å². The zero-order valence-electron chi connectivity index (χ0n) is 18.1. The first-order valence-corrected chi connectivity index (χ1v) is 11.0. The van der Waals surface area contributed by atoms with E-state index in [0.717, 1.165) is 32.3 Å². The highest BCUT2D eigenvalue weighted by molar-refractivity contribution is 6.04. The Bertz CT molecular complexity index is 1120. The second-order valence-corrected chi connectivity index (χ2v) is 7.94. The number of anilines is 2. The van der Waals surface area contributed by atoms with Gasteiger partial charge in [-0.15, -0.1) is 0 Å².